The van der Waals surface area contributed by atoms with Crippen molar-refractivity contribution < 1.29 is 9.21 Å². The number of anilines is 3. The molecular formula is C21H23N5O2. The van der Waals surface area contributed by atoms with Gasteiger partial charge in [-0.15, -0.1) is 0 Å². The zero-order valence-corrected chi connectivity index (χ0v) is 16.1. The van der Waals surface area contributed by atoms with Gasteiger partial charge in [0.15, 0.2) is 5.76 Å². The van der Waals surface area contributed by atoms with Gasteiger partial charge in [-0.2, -0.15) is 0 Å². The maximum atomic E-state index is 12.4. The maximum Gasteiger partial charge on any atom is 0.289 e. The van der Waals surface area contributed by atoms with E-state index in [-0.39, 0.29) is 5.91 Å². The molecule has 7 nitrogen and oxygen atoms in total. The Morgan fingerprint density at radius 3 is 2.46 bits per heavy atom. The van der Waals surface area contributed by atoms with Crippen molar-refractivity contribution in [2.45, 2.75) is 13.8 Å². The second-order valence-electron chi connectivity index (χ2n) is 6.91. The average molecular weight is 377 g/mol. The van der Waals surface area contributed by atoms with Gasteiger partial charge < -0.3 is 19.5 Å². The van der Waals surface area contributed by atoms with Crippen molar-refractivity contribution in [3.8, 4) is 0 Å². The van der Waals surface area contributed by atoms with Gasteiger partial charge in [-0.05, 0) is 38.1 Å². The van der Waals surface area contributed by atoms with Crippen LogP contribution >= 0.6 is 0 Å². The van der Waals surface area contributed by atoms with Crippen LogP contribution in [0.15, 0.2) is 53.1 Å². The molecule has 1 aliphatic heterocycles. The number of hydrogen-bond acceptors (Lipinski definition) is 6. The number of benzene rings is 1. The summed E-state index contributed by atoms with van der Waals surface area (Å²) in [6.07, 6.45) is 1.52. The Bertz CT molecular complexity index is 945. The van der Waals surface area contributed by atoms with E-state index in [1.807, 2.05) is 30.0 Å². The summed E-state index contributed by atoms with van der Waals surface area (Å²) in [6, 6.07) is 13.6. The summed E-state index contributed by atoms with van der Waals surface area (Å²) in [5.41, 5.74) is 2.20. The molecule has 1 fully saturated rings. The molecule has 0 radical (unpaired) electrons. The van der Waals surface area contributed by atoms with E-state index in [1.54, 1.807) is 12.1 Å². The molecule has 144 valence electrons. The number of nitrogens with zero attached hydrogens (tertiary/aromatic N) is 4. The summed E-state index contributed by atoms with van der Waals surface area (Å²) in [4.78, 5) is 25.5. The summed E-state index contributed by atoms with van der Waals surface area (Å²) < 4.78 is 5.22. The number of hydrogen-bond donors (Lipinski definition) is 1. The van der Waals surface area contributed by atoms with Crippen molar-refractivity contribution in [2.75, 3.05) is 36.4 Å². The lowest BCUT2D eigenvalue weighted by atomic mass is 10.2. The number of carbonyl (C=O) groups is 1. The number of rotatable bonds is 4. The average Bonchev–Trinajstić information content (AvgIpc) is 3.24. The molecule has 0 atom stereocenters. The summed E-state index contributed by atoms with van der Waals surface area (Å²) in [6.45, 7) is 6.64. The van der Waals surface area contributed by atoms with E-state index in [4.69, 9.17) is 4.42 Å². The Kier molecular flexibility index (Phi) is 4.97. The van der Waals surface area contributed by atoms with E-state index < -0.39 is 0 Å². The SMILES string of the molecule is Cc1ccc(Nc2cc(N3CCN(C(=O)c4ccco4)CC3)nc(C)n2)cc1. The third kappa shape index (κ3) is 3.98. The van der Waals surface area contributed by atoms with Crippen molar-refractivity contribution in [3.05, 3.63) is 65.9 Å². The van der Waals surface area contributed by atoms with Gasteiger partial charge in [-0.25, -0.2) is 9.97 Å². The summed E-state index contributed by atoms with van der Waals surface area (Å²) >= 11 is 0. The van der Waals surface area contributed by atoms with Crippen LogP contribution in [0, 0.1) is 13.8 Å². The molecule has 1 aromatic carbocycles. The number of furan rings is 1. The number of amides is 1. The summed E-state index contributed by atoms with van der Waals surface area (Å²) in [5, 5.41) is 3.34. The molecular weight excluding hydrogens is 354 g/mol. The molecule has 1 saturated heterocycles. The highest BCUT2D eigenvalue weighted by Crippen LogP contribution is 2.21. The largest absolute Gasteiger partial charge is 0.459 e. The zero-order chi connectivity index (χ0) is 19.5. The van der Waals surface area contributed by atoms with E-state index >= 15 is 0 Å². The minimum atomic E-state index is -0.0646. The predicted octanol–water partition coefficient (Wildman–Crippen LogP) is 3.39. The third-order valence-corrected chi connectivity index (χ3v) is 4.77. The summed E-state index contributed by atoms with van der Waals surface area (Å²) in [7, 11) is 0. The number of aromatic nitrogens is 2. The van der Waals surface area contributed by atoms with Crippen molar-refractivity contribution in [2.24, 2.45) is 0 Å². The number of nitrogens with one attached hydrogen (secondary N) is 1. The molecule has 0 spiro atoms. The van der Waals surface area contributed by atoms with Gasteiger partial charge in [-0.1, -0.05) is 17.7 Å². The first-order chi connectivity index (χ1) is 13.6. The molecule has 28 heavy (non-hydrogen) atoms. The van der Waals surface area contributed by atoms with E-state index in [0.717, 1.165) is 17.3 Å². The monoisotopic (exact) mass is 377 g/mol. The lowest BCUT2D eigenvalue weighted by Crippen LogP contribution is -2.49. The highest BCUT2D eigenvalue weighted by atomic mass is 16.3. The quantitative estimate of drug-likeness (QED) is 0.751. The fourth-order valence-electron chi connectivity index (χ4n) is 3.26. The molecule has 0 aliphatic carbocycles. The zero-order valence-electron chi connectivity index (χ0n) is 16.1. The Labute approximate surface area is 164 Å². The highest BCUT2D eigenvalue weighted by molar-refractivity contribution is 5.91. The van der Waals surface area contributed by atoms with Crippen LogP contribution in [0.4, 0.5) is 17.3 Å². The van der Waals surface area contributed by atoms with E-state index in [0.29, 0.717) is 37.8 Å². The lowest BCUT2D eigenvalue weighted by Gasteiger charge is -2.35. The van der Waals surface area contributed by atoms with Gasteiger partial charge in [-0.3, -0.25) is 4.79 Å². The predicted molar refractivity (Wildman–Crippen MR) is 108 cm³/mol. The molecule has 4 rings (SSSR count). The van der Waals surface area contributed by atoms with Crippen LogP contribution in [0.5, 0.6) is 0 Å². The molecule has 7 heteroatoms. The van der Waals surface area contributed by atoms with Gasteiger partial charge in [0.25, 0.3) is 5.91 Å². The van der Waals surface area contributed by atoms with Crippen LogP contribution in [-0.2, 0) is 0 Å². The van der Waals surface area contributed by atoms with Crippen LogP contribution < -0.4 is 10.2 Å². The second kappa shape index (κ2) is 7.72. The number of carbonyl (C=O) groups excluding carboxylic acids is 1. The van der Waals surface area contributed by atoms with Crippen LogP contribution in [0.25, 0.3) is 0 Å². The summed E-state index contributed by atoms with van der Waals surface area (Å²) in [5.74, 6) is 2.66. The molecule has 0 bridgehead atoms. The van der Waals surface area contributed by atoms with E-state index in [9.17, 15) is 4.79 Å². The van der Waals surface area contributed by atoms with Gasteiger partial charge in [0.2, 0.25) is 0 Å². The third-order valence-electron chi connectivity index (χ3n) is 4.77. The van der Waals surface area contributed by atoms with Crippen molar-refractivity contribution >= 4 is 23.2 Å². The Balaban J connectivity index is 1.44. The fourth-order valence-corrected chi connectivity index (χ4v) is 3.26. The first kappa shape index (κ1) is 18.0. The number of piperazine rings is 1. The van der Waals surface area contributed by atoms with Gasteiger partial charge in [0.05, 0.1) is 6.26 Å². The van der Waals surface area contributed by atoms with Crippen molar-refractivity contribution in [1.82, 2.24) is 14.9 Å². The van der Waals surface area contributed by atoms with Crippen LogP contribution in [0.3, 0.4) is 0 Å². The number of aryl methyl sites for hydroxylation is 2. The van der Waals surface area contributed by atoms with Crippen molar-refractivity contribution in [3.63, 3.8) is 0 Å². The van der Waals surface area contributed by atoms with Crippen LogP contribution in [0.2, 0.25) is 0 Å². The Morgan fingerprint density at radius 1 is 1.04 bits per heavy atom. The topological polar surface area (TPSA) is 74.5 Å². The van der Waals surface area contributed by atoms with E-state index in [1.165, 1.54) is 11.8 Å². The van der Waals surface area contributed by atoms with Gasteiger partial charge in [0, 0.05) is 37.9 Å². The molecule has 1 N–H and O–H groups in total. The van der Waals surface area contributed by atoms with Crippen LogP contribution in [-0.4, -0.2) is 47.0 Å². The lowest BCUT2D eigenvalue weighted by molar-refractivity contribution is 0.0714. The molecule has 1 amide bonds. The minimum absolute atomic E-state index is 0.0646. The highest BCUT2D eigenvalue weighted by Gasteiger charge is 2.24. The Morgan fingerprint density at radius 2 is 1.79 bits per heavy atom. The maximum absolute atomic E-state index is 12.4. The smallest absolute Gasteiger partial charge is 0.289 e. The molecule has 3 heterocycles. The first-order valence-corrected chi connectivity index (χ1v) is 9.35. The second-order valence-corrected chi connectivity index (χ2v) is 6.91. The minimum Gasteiger partial charge on any atom is -0.459 e. The molecule has 1 aliphatic rings. The van der Waals surface area contributed by atoms with E-state index in [2.05, 4.69) is 39.2 Å². The molecule has 0 saturated carbocycles. The molecule has 0 unspecified atom stereocenters. The van der Waals surface area contributed by atoms with Crippen LogP contribution in [0.1, 0.15) is 21.9 Å². The van der Waals surface area contributed by atoms with Gasteiger partial charge in [0.1, 0.15) is 17.5 Å². The fraction of sp³-hybridized carbons (Fsp3) is 0.286. The first-order valence-electron chi connectivity index (χ1n) is 9.35. The molecule has 3 aromatic rings. The molecule has 2 aromatic heterocycles. The van der Waals surface area contributed by atoms with Crippen molar-refractivity contribution in [1.29, 1.82) is 0 Å². The standard InChI is InChI=1S/C21H23N5O2/c1-15-5-7-17(8-6-15)24-19-14-20(23-16(2)22-19)25-9-11-26(12-10-25)21(27)18-4-3-13-28-18/h3-8,13-14H,9-12H2,1-2H3,(H,22,23,24). The Hall–Kier alpha value is -3.35. The normalized spacial score (nSPS) is 14.2. The van der Waals surface area contributed by atoms with Gasteiger partial charge >= 0.3 is 0 Å².